The highest BCUT2D eigenvalue weighted by molar-refractivity contribution is 7.87. The zero-order valence-corrected chi connectivity index (χ0v) is 13.7. The molecule has 22 heavy (non-hydrogen) atoms. The summed E-state index contributed by atoms with van der Waals surface area (Å²) in [7, 11) is -3.66. The molecule has 3 atom stereocenters. The number of benzene rings is 1. The van der Waals surface area contributed by atoms with Crippen LogP contribution in [0.4, 0.5) is 4.39 Å². The van der Waals surface area contributed by atoms with Gasteiger partial charge in [0.25, 0.3) is 10.2 Å². The van der Waals surface area contributed by atoms with Crippen LogP contribution in [-0.2, 0) is 10.2 Å². The molecule has 0 aliphatic carbocycles. The minimum Gasteiger partial charge on any atom is -0.387 e. The van der Waals surface area contributed by atoms with Crippen molar-refractivity contribution in [2.75, 3.05) is 19.6 Å². The van der Waals surface area contributed by atoms with Crippen molar-refractivity contribution in [3.8, 4) is 0 Å². The number of hydrogen-bond acceptors (Lipinski definition) is 3. The molecule has 0 amide bonds. The van der Waals surface area contributed by atoms with Gasteiger partial charge in [-0.25, -0.2) is 4.39 Å². The van der Waals surface area contributed by atoms with E-state index >= 15 is 0 Å². The molecule has 2 rings (SSSR count). The largest absolute Gasteiger partial charge is 0.387 e. The highest BCUT2D eigenvalue weighted by Gasteiger charge is 2.30. The molecule has 1 aromatic carbocycles. The molecule has 0 spiro atoms. The Balaban J connectivity index is 1.99. The summed E-state index contributed by atoms with van der Waals surface area (Å²) in [4.78, 5) is 0. The molecule has 1 aromatic rings. The molecule has 1 fully saturated rings. The lowest BCUT2D eigenvalue weighted by atomic mass is 9.94. The number of aliphatic hydroxyl groups is 1. The van der Waals surface area contributed by atoms with Crippen molar-refractivity contribution in [1.82, 2.24) is 9.03 Å². The highest BCUT2D eigenvalue weighted by Crippen LogP contribution is 2.23. The second-order valence-electron chi connectivity index (χ2n) is 6.15. The van der Waals surface area contributed by atoms with Crippen molar-refractivity contribution in [3.63, 3.8) is 0 Å². The van der Waals surface area contributed by atoms with Gasteiger partial charge in [-0.05, 0) is 24.3 Å². The van der Waals surface area contributed by atoms with Gasteiger partial charge < -0.3 is 5.11 Å². The minimum atomic E-state index is -3.66. The summed E-state index contributed by atoms with van der Waals surface area (Å²) >= 11 is 0. The van der Waals surface area contributed by atoms with Gasteiger partial charge in [0.1, 0.15) is 5.82 Å². The van der Waals surface area contributed by atoms with E-state index in [9.17, 15) is 17.9 Å². The quantitative estimate of drug-likeness (QED) is 0.863. The Kier molecular flexibility index (Phi) is 5.55. The average Bonchev–Trinajstić information content (AvgIpc) is 2.44. The van der Waals surface area contributed by atoms with E-state index in [1.54, 1.807) is 6.07 Å². The normalized spacial score (nSPS) is 25.1. The molecule has 124 valence electrons. The molecule has 0 saturated carbocycles. The number of piperidine rings is 1. The summed E-state index contributed by atoms with van der Waals surface area (Å²) in [6, 6.07) is 5.80. The molecule has 0 radical (unpaired) electrons. The molecule has 1 heterocycles. The van der Waals surface area contributed by atoms with E-state index in [1.807, 2.05) is 13.8 Å². The summed E-state index contributed by atoms with van der Waals surface area (Å²) in [5.41, 5.74) is 0.0885. The maximum absolute atomic E-state index is 13.6. The molecule has 5 nitrogen and oxygen atoms in total. The van der Waals surface area contributed by atoms with Gasteiger partial charge in [-0.1, -0.05) is 32.0 Å². The molecule has 1 aliphatic heterocycles. The summed E-state index contributed by atoms with van der Waals surface area (Å²) in [5, 5.41) is 9.98. The lowest BCUT2D eigenvalue weighted by molar-refractivity contribution is 0.174. The van der Waals surface area contributed by atoms with E-state index in [4.69, 9.17) is 0 Å². The Morgan fingerprint density at radius 2 is 1.91 bits per heavy atom. The van der Waals surface area contributed by atoms with Crippen LogP contribution in [0.1, 0.15) is 31.9 Å². The van der Waals surface area contributed by atoms with E-state index in [2.05, 4.69) is 4.72 Å². The second kappa shape index (κ2) is 7.04. The summed E-state index contributed by atoms with van der Waals surface area (Å²) < 4.78 is 42.0. The Labute approximate surface area is 131 Å². The van der Waals surface area contributed by atoms with Crippen LogP contribution in [0.25, 0.3) is 0 Å². The zero-order valence-electron chi connectivity index (χ0n) is 12.9. The molecular formula is C15H23FN2O3S. The van der Waals surface area contributed by atoms with Crippen molar-refractivity contribution < 1.29 is 17.9 Å². The van der Waals surface area contributed by atoms with Crippen molar-refractivity contribution in [2.45, 2.75) is 26.4 Å². The standard InChI is InChI=1S/C15H23FN2O3S/c1-11-7-12(2)10-18(9-11)22(20,21)17-8-15(19)13-5-3-4-6-14(13)16/h3-6,11-12,15,17,19H,7-10H2,1-2H3. The van der Waals surface area contributed by atoms with Crippen LogP contribution >= 0.6 is 0 Å². The predicted molar refractivity (Wildman–Crippen MR) is 82.8 cm³/mol. The van der Waals surface area contributed by atoms with Crippen molar-refractivity contribution in [2.24, 2.45) is 11.8 Å². The summed E-state index contributed by atoms with van der Waals surface area (Å²) in [6.45, 7) is 4.73. The Morgan fingerprint density at radius 3 is 2.50 bits per heavy atom. The maximum Gasteiger partial charge on any atom is 0.279 e. The Hall–Kier alpha value is -1.02. The number of nitrogens with one attached hydrogen (secondary N) is 1. The van der Waals surface area contributed by atoms with E-state index < -0.39 is 22.1 Å². The first kappa shape index (κ1) is 17.3. The number of nitrogens with zero attached hydrogens (tertiary/aromatic N) is 1. The predicted octanol–water partition coefficient (Wildman–Crippen LogP) is 1.67. The first-order chi connectivity index (χ1) is 10.3. The molecule has 0 aromatic heterocycles. The van der Waals surface area contributed by atoms with Crippen LogP contribution in [0.3, 0.4) is 0 Å². The van der Waals surface area contributed by atoms with Gasteiger partial charge in [-0.3, -0.25) is 0 Å². The first-order valence-electron chi connectivity index (χ1n) is 7.47. The number of halogens is 1. The van der Waals surface area contributed by atoms with Gasteiger partial charge in [0, 0.05) is 25.2 Å². The van der Waals surface area contributed by atoms with Gasteiger partial charge in [-0.15, -0.1) is 0 Å². The van der Waals surface area contributed by atoms with Gasteiger partial charge in [-0.2, -0.15) is 17.4 Å². The monoisotopic (exact) mass is 330 g/mol. The summed E-state index contributed by atoms with van der Waals surface area (Å²) in [6.07, 6.45) is -0.209. The van der Waals surface area contributed by atoms with Crippen molar-refractivity contribution in [3.05, 3.63) is 35.6 Å². The van der Waals surface area contributed by atoms with Gasteiger partial charge in [0.2, 0.25) is 0 Å². The third-order valence-corrected chi connectivity index (χ3v) is 5.41. The van der Waals surface area contributed by atoms with E-state index in [0.717, 1.165) is 6.42 Å². The molecule has 1 aliphatic rings. The lowest BCUT2D eigenvalue weighted by Gasteiger charge is -2.34. The van der Waals surface area contributed by atoms with E-state index in [-0.39, 0.29) is 12.1 Å². The second-order valence-corrected chi connectivity index (χ2v) is 7.91. The zero-order chi connectivity index (χ0) is 16.3. The molecule has 1 saturated heterocycles. The van der Waals surface area contributed by atoms with E-state index in [0.29, 0.717) is 24.9 Å². The van der Waals surface area contributed by atoms with Gasteiger partial charge >= 0.3 is 0 Å². The summed E-state index contributed by atoms with van der Waals surface area (Å²) in [5.74, 6) is 0.0584. The van der Waals surface area contributed by atoms with Gasteiger partial charge in [0.05, 0.1) is 6.10 Å². The molecule has 2 N–H and O–H groups in total. The van der Waals surface area contributed by atoms with Crippen LogP contribution in [0, 0.1) is 17.7 Å². The van der Waals surface area contributed by atoms with Gasteiger partial charge in [0.15, 0.2) is 0 Å². The minimum absolute atomic E-state index is 0.0885. The number of aliphatic hydroxyl groups excluding tert-OH is 1. The molecule has 3 unspecified atom stereocenters. The fraction of sp³-hybridized carbons (Fsp3) is 0.600. The fourth-order valence-electron chi connectivity index (χ4n) is 2.93. The SMILES string of the molecule is CC1CC(C)CN(S(=O)(=O)NCC(O)c2ccccc2F)C1. The topological polar surface area (TPSA) is 69.6 Å². The molecule has 7 heteroatoms. The Bertz CT molecular complexity index is 599. The van der Waals surface area contributed by atoms with Crippen LogP contribution < -0.4 is 4.72 Å². The van der Waals surface area contributed by atoms with Crippen LogP contribution in [0.5, 0.6) is 0 Å². The van der Waals surface area contributed by atoms with Crippen LogP contribution in [-0.4, -0.2) is 37.5 Å². The van der Waals surface area contributed by atoms with Crippen LogP contribution in [0.15, 0.2) is 24.3 Å². The fourth-order valence-corrected chi connectivity index (χ4v) is 4.39. The first-order valence-corrected chi connectivity index (χ1v) is 8.91. The highest BCUT2D eigenvalue weighted by atomic mass is 32.2. The smallest absolute Gasteiger partial charge is 0.279 e. The van der Waals surface area contributed by atoms with Crippen molar-refractivity contribution in [1.29, 1.82) is 0 Å². The molecular weight excluding hydrogens is 307 g/mol. The lowest BCUT2D eigenvalue weighted by Crippen LogP contribution is -2.48. The van der Waals surface area contributed by atoms with Crippen molar-refractivity contribution >= 4 is 10.2 Å². The maximum atomic E-state index is 13.6. The van der Waals surface area contributed by atoms with E-state index in [1.165, 1.54) is 22.5 Å². The molecule has 0 bridgehead atoms. The average molecular weight is 330 g/mol. The third-order valence-electron chi connectivity index (χ3n) is 3.90. The number of hydrogen-bond donors (Lipinski definition) is 2. The third kappa shape index (κ3) is 4.25. The van der Waals surface area contributed by atoms with Crippen LogP contribution in [0.2, 0.25) is 0 Å². The number of rotatable bonds is 5. The Morgan fingerprint density at radius 1 is 1.32 bits per heavy atom.